The van der Waals surface area contributed by atoms with Crippen molar-refractivity contribution in [1.82, 2.24) is 5.32 Å². The Morgan fingerprint density at radius 1 is 0.571 bits per heavy atom. The Balaban J connectivity index is 3.12. The minimum atomic E-state index is -0.168. The summed E-state index contributed by atoms with van der Waals surface area (Å²) >= 11 is 0. The molecule has 0 fully saturated rings. The van der Waals surface area contributed by atoms with E-state index in [-0.39, 0.29) is 12.5 Å². The number of rotatable bonds is 23. The van der Waals surface area contributed by atoms with Crippen molar-refractivity contribution < 1.29 is 38.0 Å². The van der Waals surface area contributed by atoms with Gasteiger partial charge in [-0.15, -0.1) is 0 Å². The molecule has 0 saturated carbocycles. The average molecular weight is 410 g/mol. The highest BCUT2D eigenvalue weighted by atomic mass is 16.6. The third kappa shape index (κ3) is 23.2. The lowest BCUT2D eigenvalue weighted by Crippen LogP contribution is -2.31. The Kier molecular flexibility index (Phi) is 23.5. The molecule has 9 nitrogen and oxygen atoms in total. The maximum absolute atomic E-state index is 11.5. The number of carbonyl (C=O) groups excluding carboxylic acids is 1. The van der Waals surface area contributed by atoms with E-state index in [1.54, 1.807) is 0 Å². The molecule has 28 heavy (non-hydrogen) atoms. The molecule has 1 amide bonds. The second-order valence-electron chi connectivity index (χ2n) is 5.66. The lowest BCUT2D eigenvalue weighted by molar-refractivity contribution is -0.126. The Labute approximate surface area is 169 Å². The maximum atomic E-state index is 11.5. The predicted octanol–water partition coefficient (Wildman–Crippen LogP) is 0.649. The van der Waals surface area contributed by atoms with Gasteiger partial charge in [-0.1, -0.05) is 6.92 Å². The quantitative estimate of drug-likeness (QED) is 0.246. The summed E-state index contributed by atoms with van der Waals surface area (Å²) in [5, 5.41) is 2.72. The lowest BCUT2D eigenvalue weighted by atomic mass is 10.5. The Hall–Kier alpha value is -0.810. The third-order valence-corrected chi connectivity index (χ3v) is 3.21. The van der Waals surface area contributed by atoms with Crippen molar-refractivity contribution in [1.29, 1.82) is 0 Å². The molecule has 0 rings (SSSR count). The number of nitrogens with one attached hydrogen (secondary N) is 1. The summed E-state index contributed by atoms with van der Waals surface area (Å²) in [4.78, 5) is 11.5. The number of hydrogen-bond donors (Lipinski definition) is 1. The van der Waals surface area contributed by atoms with Crippen LogP contribution in [0.3, 0.4) is 0 Å². The summed E-state index contributed by atoms with van der Waals surface area (Å²) in [6.45, 7) is 11.5. The van der Waals surface area contributed by atoms with Gasteiger partial charge >= 0.3 is 0 Å². The molecule has 0 bridgehead atoms. The summed E-state index contributed by atoms with van der Waals surface area (Å²) in [5.74, 6) is -0.168. The van der Waals surface area contributed by atoms with Gasteiger partial charge in [-0.05, 0) is 13.3 Å². The third-order valence-electron chi connectivity index (χ3n) is 3.21. The summed E-state index contributed by atoms with van der Waals surface area (Å²) in [6.07, 6.45) is 1.00. The zero-order chi connectivity index (χ0) is 20.5. The molecule has 0 aliphatic heterocycles. The summed E-state index contributed by atoms with van der Waals surface area (Å²) in [5.41, 5.74) is 0. The molecule has 0 radical (unpaired) electrons. The molecule has 0 aromatic rings. The minimum absolute atomic E-state index is 0.0125. The number of hydrogen-bond acceptors (Lipinski definition) is 8. The van der Waals surface area contributed by atoms with E-state index >= 15 is 0 Å². The topological polar surface area (TPSA) is 93.7 Å². The van der Waals surface area contributed by atoms with Crippen LogP contribution in [-0.2, 0) is 38.0 Å². The standard InChI is InChI=1S/C19H39NO8/c1-3-6-23-10-11-24-7-5-20-19(21)18-28-17-16-27-15-14-26-13-12-25-9-8-22-4-2/h3-18H2,1-2H3,(H,20,21). The Bertz CT molecular complexity index is 320. The molecule has 0 aliphatic carbocycles. The van der Waals surface area contributed by atoms with E-state index in [0.717, 1.165) is 13.0 Å². The van der Waals surface area contributed by atoms with Crippen molar-refractivity contribution >= 4 is 5.91 Å². The van der Waals surface area contributed by atoms with E-state index < -0.39 is 0 Å². The first-order valence-electron chi connectivity index (χ1n) is 10.1. The van der Waals surface area contributed by atoms with Gasteiger partial charge in [0.1, 0.15) is 6.61 Å². The van der Waals surface area contributed by atoms with E-state index in [9.17, 15) is 4.79 Å². The highest BCUT2D eigenvalue weighted by Crippen LogP contribution is 1.84. The first kappa shape index (κ1) is 27.2. The molecular formula is C19H39NO8. The van der Waals surface area contributed by atoms with E-state index in [0.29, 0.717) is 85.8 Å². The van der Waals surface area contributed by atoms with Crippen LogP contribution < -0.4 is 5.32 Å². The second kappa shape index (κ2) is 24.2. The molecule has 0 saturated heterocycles. The fourth-order valence-corrected chi connectivity index (χ4v) is 1.87. The smallest absolute Gasteiger partial charge is 0.246 e. The molecule has 1 N–H and O–H groups in total. The van der Waals surface area contributed by atoms with Crippen LogP contribution in [0.5, 0.6) is 0 Å². The monoisotopic (exact) mass is 409 g/mol. The van der Waals surface area contributed by atoms with Crippen LogP contribution in [0.25, 0.3) is 0 Å². The van der Waals surface area contributed by atoms with E-state index in [1.807, 2.05) is 6.92 Å². The molecule has 0 unspecified atom stereocenters. The van der Waals surface area contributed by atoms with Gasteiger partial charge in [-0.2, -0.15) is 0 Å². The Morgan fingerprint density at radius 3 is 1.50 bits per heavy atom. The van der Waals surface area contributed by atoms with Gasteiger partial charge in [0.05, 0.1) is 72.7 Å². The van der Waals surface area contributed by atoms with Crippen molar-refractivity contribution in [3.63, 3.8) is 0 Å². The van der Waals surface area contributed by atoms with E-state index in [2.05, 4.69) is 12.2 Å². The fraction of sp³-hybridized carbons (Fsp3) is 0.947. The molecule has 0 aliphatic rings. The van der Waals surface area contributed by atoms with Gasteiger partial charge in [0.25, 0.3) is 0 Å². The normalized spacial score (nSPS) is 11.1. The average Bonchev–Trinajstić information content (AvgIpc) is 2.70. The zero-order valence-electron chi connectivity index (χ0n) is 17.6. The summed E-state index contributed by atoms with van der Waals surface area (Å²) in [6, 6.07) is 0. The second-order valence-corrected chi connectivity index (χ2v) is 5.66. The molecular weight excluding hydrogens is 370 g/mol. The van der Waals surface area contributed by atoms with Crippen LogP contribution in [0, 0.1) is 0 Å². The predicted molar refractivity (Wildman–Crippen MR) is 105 cm³/mol. The largest absolute Gasteiger partial charge is 0.379 e. The maximum Gasteiger partial charge on any atom is 0.246 e. The van der Waals surface area contributed by atoms with Crippen molar-refractivity contribution in [3.8, 4) is 0 Å². The van der Waals surface area contributed by atoms with Gasteiger partial charge in [-0.25, -0.2) is 0 Å². The summed E-state index contributed by atoms with van der Waals surface area (Å²) in [7, 11) is 0. The van der Waals surface area contributed by atoms with Crippen LogP contribution >= 0.6 is 0 Å². The number of carbonyl (C=O) groups is 1. The molecule has 0 aromatic carbocycles. The van der Waals surface area contributed by atoms with Crippen LogP contribution in [0.2, 0.25) is 0 Å². The highest BCUT2D eigenvalue weighted by molar-refractivity contribution is 5.77. The fourth-order valence-electron chi connectivity index (χ4n) is 1.87. The SMILES string of the molecule is CCCOCCOCCNC(=O)COCCOCCOCCOCCOCC. The van der Waals surface area contributed by atoms with Gasteiger partial charge in [-0.3, -0.25) is 4.79 Å². The Morgan fingerprint density at radius 2 is 1.00 bits per heavy atom. The first-order chi connectivity index (χ1) is 13.8. The van der Waals surface area contributed by atoms with Crippen molar-refractivity contribution in [3.05, 3.63) is 0 Å². The van der Waals surface area contributed by atoms with Crippen LogP contribution in [0.15, 0.2) is 0 Å². The molecule has 168 valence electrons. The van der Waals surface area contributed by atoms with Crippen LogP contribution in [0.4, 0.5) is 0 Å². The molecule has 0 atom stereocenters. The molecule has 0 aromatic heterocycles. The van der Waals surface area contributed by atoms with Crippen molar-refractivity contribution in [2.75, 3.05) is 99.0 Å². The van der Waals surface area contributed by atoms with Gasteiger partial charge in [0, 0.05) is 19.8 Å². The van der Waals surface area contributed by atoms with Crippen LogP contribution in [-0.4, -0.2) is 105 Å². The van der Waals surface area contributed by atoms with Gasteiger partial charge in [0.15, 0.2) is 0 Å². The number of ether oxygens (including phenoxy) is 7. The molecule has 0 heterocycles. The van der Waals surface area contributed by atoms with Crippen LogP contribution in [0.1, 0.15) is 20.3 Å². The molecule has 0 spiro atoms. The number of amides is 1. The van der Waals surface area contributed by atoms with Gasteiger partial charge in [0.2, 0.25) is 5.91 Å². The zero-order valence-corrected chi connectivity index (χ0v) is 17.6. The first-order valence-corrected chi connectivity index (χ1v) is 10.1. The van der Waals surface area contributed by atoms with E-state index in [4.69, 9.17) is 33.2 Å². The van der Waals surface area contributed by atoms with Crippen molar-refractivity contribution in [2.45, 2.75) is 20.3 Å². The van der Waals surface area contributed by atoms with E-state index in [1.165, 1.54) is 0 Å². The van der Waals surface area contributed by atoms with Crippen molar-refractivity contribution in [2.24, 2.45) is 0 Å². The van der Waals surface area contributed by atoms with Gasteiger partial charge < -0.3 is 38.5 Å². The minimum Gasteiger partial charge on any atom is -0.379 e. The molecule has 9 heteroatoms. The summed E-state index contributed by atoms with van der Waals surface area (Å²) < 4.78 is 37.0. The highest BCUT2D eigenvalue weighted by Gasteiger charge is 2.00. The lowest BCUT2D eigenvalue weighted by Gasteiger charge is -2.08.